The number of ether oxygens (including phenoxy) is 2. The summed E-state index contributed by atoms with van der Waals surface area (Å²) >= 11 is 0. The summed E-state index contributed by atoms with van der Waals surface area (Å²) in [4.78, 5) is 0. The first-order valence-corrected chi connectivity index (χ1v) is 7.49. The van der Waals surface area contributed by atoms with E-state index in [1.165, 1.54) is 6.07 Å². The van der Waals surface area contributed by atoms with Crippen molar-refractivity contribution in [2.45, 2.75) is 20.5 Å². The van der Waals surface area contributed by atoms with E-state index in [-0.39, 0.29) is 19.0 Å². The second-order valence-electron chi connectivity index (χ2n) is 6.10. The van der Waals surface area contributed by atoms with Gasteiger partial charge in [0.2, 0.25) is 0 Å². The second-order valence-corrected chi connectivity index (χ2v) is 6.10. The van der Waals surface area contributed by atoms with Gasteiger partial charge in [0.25, 0.3) is 6.08 Å². The maximum absolute atomic E-state index is 13.9. The third-order valence-corrected chi connectivity index (χ3v) is 3.21. The Morgan fingerprint density at radius 1 is 1.08 bits per heavy atom. The Morgan fingerprint density at radius 3 is 2.46 bits per heavy atom. The monoisotopic (exact) mass is 336 g/mol. The van der Waals surface area contributed by atoms with Crippen molar-refractivity contribution in [1.82, 2.24) is 0 Å². The zero-order valence-electron chi connectivity index (χ0n) is 13.6. The quantitative estimate of drug-likeness (QED) is 0.623. The van der Waals surface area contributed by atoms with Gasteiger partial charge in [0.1, 0.15) is 5.75 Å². The molecule has 2 aromatic carbocycles. The van der Waals surface area contributed by atoms with E-state index in [0.717, 1.165) is 6.08 Å². The lowest BCUT2D eigenvalue weighted by Gasteiger charge is -2.19. The SMILES string of the molecule is CC(C)(C=C(F)F)COCc1ccc(F)c(Oc2ccccc2)c1. The molecular weight excluding hydrogens is 317 g/mol. The summed E-state index contributed by atoms with van der Waals surface area (Å²) in [6.07, 6.45) is -0.870. The van der Waals surface area contributed by atoms with Crippen molar-refractivity contribution in [3.8, 4) is 11.5 Å². The third-order valence-electron chi connectivity index (χ3n) is 3.21. The Bertz CT molecular complexity index is 693. The largest absolute Gasteiger partial charge is 0.454 e. The molecule has 0 amide bonds. The Labute approximate surface area is 139 Å². The summed E-state index contributed by atoms with van der Waals surface area (Å²) in [6.45, 7) is 3.61. The number of benzene rings is 2. The van der Waals surface area contributed by atoms with Crippen molar-refractivity contribution in [3.63, 3.8) is 0 Å². The molecule has 0 saturated heterocycles. The predicted octanol–water partition coefficient (Wildman–Crippen LogP) is 5.94. The van der Waals surface area contributed by atoms with Gasteiger partial charge in [-0.1, -0.05) is 38.1 Å². The van der Waals surface area contributed by atoms with Crippen LogP contribution in [0.15, 0.2) is 60.7 Å². The third kappa shape index (κ3) is 5.74. The summed E-state index contributed by atoms with van der Waals surface area (Å²) < 4.78 is 49.5. The van der Waals surface area contributed by atoms with E-state index in [1.54, 1.807) is 50.2 Å². The molecule has 0 aliphatic rings. The minimum atomic E-state index is -1.73. The zero-order valence-corrected chi connectivity index (χ0v) is 13.6. The Balaban J connectivity index is 1.99. The number of halogens is 3. The Morgan fingerprint density at radius 2 is 1.79 bits per heavy atom. The van der Waals surface area contributed by atoms with Crippen LogP contribution in [0.2, 0.25) is 0 Å². The molecule has 0 unspecified atom stereocenters. The van der Waals surface area contributed by atoms with E-state index < -0.39 is 17.3 Å². The molecule has 128 valence electrons. The lowest BCUT2D eigenvalue weighted by Crippen LogP contribution is -2.16. The van der Waals surface area contributed by atoms with Crippen molar-refractivity contribution < 1.29 is 22.6 Å². The van der Waals surface area contributed by atoms with Crippen LogP contribution in [0.4, 0.5) is 13.2 Å². The maximum atomic E-state index is 13.9. The highest BCUT2D eigenvalue weighted by Crippen LogP contribution is 2.26. The highest BCUT2D eigenvalue weighted by atomic mass is 19.3. The van der Waals surface area contributed by atoms with Crippen LogP contribution in [0.5, 0.6) is 11.5 Å². The van der Waals surface area contributed by atoms with E-state index in [0.29, 0.717) is 11.3 Å². The first-order chi connectivity index (χ1) is 11.4. The van der Waals surface area contributed by atoms with E-state index in [2.05, 4.69) is 0 Å². The van der Waals surface area contributed by atoms with Gasteiger partial charge in [0.15, 0.2) is 11.6 Å². The lowest BCUT2D eigenvalue weighted by atomic mass is 9.95. The smallest absolute Gasteiger partial charge is 0.266 e. The molecule has 0 aliphatic carbocycles. The summed E-state index contributed by atoms with van der Waals surface area (Å²) in [5.41, 5.74) is -0.0785. The summed E-state index contributed by atoms with van der Waals surface area (Å²) in [7, 11) is 0. The highest BCUT2D eigenvalue weighted by Gasteiger charge is 2.17. The van der Waals surface area contributed by atoms with Crippen LogP contribution in [-0.4, -0.2) is 6.61 Å². The second kappa shape index (κ2) is 8.02. The van der Waals surface area contributed by atoms with Crippen LogP contribution in [0.25, 0.3) is 0 Å². The van der Waals surface area contributed by atoms with Crippen LogP contribution >= 0.6 is 0 Å². The van der Waals surface area contributed by atoms with Gasteiger partial charge in [-0.2, -0.15) is 8.78 Å². The van der Waals surface area contributed by atoms with Crippen molar-refractivity contribution in [3.05, 3.63) is 72.1 Å². The van der Waals surface area contributed by atoms with Crippen LogP contribution in [0, 0.1) is 11.2 Å². The normalized spacial score (nSPS) is 11.2. The van der Waals surface area contributed by atoms with Gasteiger partial charge in [-0.3, -0.25) is 0 Å². The number of rotatable bonds is 7. The molecule has 0 atom stereocenters. The molecule has 2 aromatic rings. The van der Waals surface area contributed by atoms with E-state index in [9.17, 15) is 13.2 Å². The predicted molar refractivity (Wildman–Crippen MR) is 86.7 cm³/mol. The van der Waals surface area contributed by atoms with Gasteiger partial charge in [0, 0.05) is 5.41 Å². The minimum absolute atomic E-state index is 0.0938. The van der Waals surface area contributed by atoms with Gasteiger partial charge in [-0.15, -0.1) is 0 Å². The average molecular weight is 336 g/mol. The molecule has 24 heavy (non-hydrogen) atoms. The van der Waals surface area contributed by atoms with E-state index in [1.807, 2.05) is 6.07 Å². The lowest BCUT2D eigenvalue weighted by molar-refractivity contribution is 0.0698. The molecule has 0 aliphatic heterocycles. The van der Waals surface area contributed by atoms with Gasteiger partial charge in [-0.25, -0.2) is 4.39 Å². The minimum Gasteiger partial charge on any atom is -0.454 e. The van der Waals surface area contributed by atoms with Crippen LogP contribution in [0.3, 0.4) is 0 Å². The Hall–Kier alpha value is -2.27. The number of hydrogen-bond donors (Lipinski definition) is 0. The number of hydrogen-bond acceptors (Lipinski definition) is 2. The molecule has 0 fully saturated rings. The topological polar surface area (TPSA) is 18.5 Å². The van der Waals surface area contributed by atoms with Gasteiger partial charge in [-0.05, 0) is 35.9 Å². The average Bonchev–Trinajstić information content (AvgIpc) is 2.50. The molecule has 0 N–H and O–H groups in total. The fourth-order valence-corrected chi connectivity index (χ4v) is 2.10. The summed E-state index contributed by atoms with van der Waals surface area (Å²) in [6, 6.07) is 13.3. The van der Waals surface area contributed by atoms with Crippen LogP contribution in [0.1, 0.15) is 19.4 Å². The zero-order chi connectivity index (χ0) is 17.6. The first-order valence-electron chi connectivity index (χ1n) is 7.49. The fraction of sp³-hybridized carbons (Fsp3) is 0.263. The van der Waals surface area contributed by atoms with Crippen LogP contribution < -0.4 is 4.74 Å². The highest BCUT2D eigenvalue weighted by molar-refractivity contribution is 5.35. The first kappa shape index (κ1) is 18.1. The summed E-state index contributed by atoms with van der Waals surface area (Å²) in [5.74, 6) is 0.140. The van der Waals surface area contributed by atoms with Gasteiger partial charge in [0.05, 0.1) is 13.2 Å². The van der Waals surface area contributed by atoms with Crippen molar-refractivity contribution in [1.29, 1.82) is 0 Å². The van der Waals surface area contributed by atoms with Gasteiger partial charge >= 0.3 is 0 Å². The fourth-order valence-electron chi connectivity index (χ4n) is 2.10. The molecular formula is C19H19F3O2. The molecule has 0 saturated carbocycles. The van der Waals surface area contributed by atoms with E-state index in [4.69, 9.17) is 9.47 Å². The standard InChI is InChI=1S/C19H19F3O2/c1-19(2,11-18(21)22)13-23-12-14-8-9-16(20)17(10-14)24-15-6-4-3-5-7-15/h3-11H,12-13H2,1-2H3. The molecule has 0 radical (unpaired) electrons. The molecule has 0 spiro atoms. The molecule has 0 heterocycles. The van der Waals surface area contributed by atoms with E-state index >= 15 is 0 Å². The molecule has 5 heteroatoms. The van der Waals surface area contributed by atoms with Crippen molar-refractivity contribution in [2.75, 3.05) is 6.61 Å². The van der Waals surface area contributed by atoms with Gasteiger partial charge < -0.3 is 9.47 Å². The molecule has 2 rings (SSSR count). The molecule has 2 nitrogen and oxygen atoms in total. The van der Waals surface area contributed by atoms with Crippen LogP contribution in [-0.2, 0) is 11.3 Å². The molecule has 0 bridgehead atoms. The van der Waals surface area contributed by atoms with Crippen molar-refractivity contribution >= 4 is 0 Å². The summed E-state index contributed by atoms with van der Waals surface area (Å²) in [5, 5.41) is 0. The maximum Gasteiger partial charge on any atom is 0.266 e. The number of para-hydroxylation sites is 1. The van der Waals surface area contributed by atoms with Crippen molar-refractivity contribution in [2.24, 2.45) is 5.41 Å². The Kier molecular flexibility index (Phi) is 6.04. The molecule has 0 aromatic heterocycles.